The highest BCUT2D eigenvalue weighted by Gasteiger charge is 2.66. The number of carbonyl (C=O) groups is 2. The number of benzene rings is 4. The van der Waals surface area contributed by atoms with Gasteiger partial charge in [-0.1, -0.05) is 59.4 Å². The van der Waals surface area contributed by atoms with Crippen molar-refractivity contribution in [1.82, 2.24) is 4.98 Å². The second-order valence-corrected chi connectivity index (χ2v) is 12.9. The summed E-state index contributed by atoms with van der Waals surface area (Å²) in [5.41, 5.74) is 3.75. The number of carbonyl (C=O) groups excluding carboxylic acids is 2. The van der Waals surface area contributed by atoms with E-state index >= 15 is 4.79 Å². The Bertz CT molecular complexity index is 2320. The van der Waals surface area contributed by atoms with E-state index in [1.807, 2.05) is 94.4 Å². The average Bonchev–Trinajstić information content (AvgIpc) is 3.65. The van der Waals surface area contributed by atoms with E-state index in [9.17, 15) is 9.59 Å². The van der Waals surface area contributed by atoms with E-state index in [2.05, 4.69) is 0 Å². The Labute approximate surface area is 268 Å². The van der Waals surface area contributed by atoms with Gasteiger partial charge in [0.25, 0.3) is 11.8 Å². The zero-order valence-electron chi connectivity index (χ0n) is 25.7. The van der Waals surface area contributed by atoms with Gasteiger partial charge < -0.3 is 14.1 Å². The lowest BCUT2D eigenvalue weighted by Crippen LogP contribution is -2.53. The summed E-state index contributed by atoms with van der Waals surface area (Å²) in [7, 11) is 0. The number of aryl methyl sites for hydroxylation is 3. The molecule has 0 fully saturated rings. The van der Waals surface area contributed by atoms with Gasteiger partial charge in [-0.25, -0.2) is 4.98 Å². The molecule has 0 saturated heterocycles. The number of hydrogen-bond donors (Lipinski definition) is 0. The molecule has 9 heteroatoms. The number of anilines is 2. The molecule has 0 aliphatic carbocycles. The predicted octanol–water partition coefficient (Wildman–Crippen LogP) is 7.18. The van der Waals surface area contributed by atoms with Crippen LogP contribution in [-0.4, -0.2) is 23.4 Å². The molecule has 1 unspecified atom stereocenters. The Morgan fingerprint density at radius 3 is 2.46 bits per heavy atom. The van der Waals surface area contributed by atoms with Crippen LogP contribution in [-0.2, 0) is 16.9 Å². The van der Waals surface area contributed by atoms with Crippen molar-refractivity contribution in [3.05, 3.63) is 128 Å². The van der Waals surface area contributed by atoms with Gasteiger partial charge in [-0.15, -0.1) is 0 Å². The monoisotopic (exact) mass is 627 g/mol. The molecule has 0 saturated carbocycles. The molecule has 2 aromatic heterocycles. The molecule has 2 aliphatic rings. The van der Waals surface area contributed by atoms with E-state index in [0.29, 0.717) is 40.1 Å². The predicted molar refractivity (Wildman–Crippen MR) is 179 cm³/mol. The van der Waals surface area contributed by atoms with Crippen LogP contribution in [0.25, 0.3) is 21.2 Å². The van der Waals surface area contributed by atoms with Crippen LogP contribution in [0.5, 0.6) is 5.75 Å². The molecular weight excluding hydrogens is 598 g/mol. The van der Waals surface area contributed by atoms with Crippen LogP contribution in [0.3, 0.4) is 0 Å². The van der Waals surface area contributed by atoms with Gasteiger partial charge in [-0.05, 0) is 80.8 Å². The summed E-state index contributed by atoms with van der Waals surface area (Å²) < 4.78 is 12.8. The Balaban J connectivity index is 1.43. The molecule has 228 valence electrons. The van der Waals surface area contributed by atoms with Crippen LogP contribution in [0.1, 0.15) is 50.9 Å². The van der Waals surface area contributed by atoms with Crippen LogP contribution in [0.2, 0.25) is 0 Å². The van der Waals surface area contributed by atoms with E-state index in [-0.39, 0.29) is 23.0 Å². The minimum Gasteiger partial charge on any atom is -0.494 e. The maximum absolute atomic E-state index is 15.2. The van der Waals surface area contributed by atoms with E-state index < -0.39 is 22.8 Å². The first kappa shape index (κ1) is 28.2. The molecule has 4 aromatic carbocycles. The average molecular weight is 628 g/mol. The largest absolute Gasteiger partial charge is 0.494 e. The van der Waals surface area contributed by atoms with Crippen molar-refractivity contribution in [1.29, 1.82) is 0 Å². The van der Waals surface area contributed by atoms with E-state index in [4.69, 9.17) is 14.1 Å². The minimum atomic E-state index is -1.82. The molecule has 8 rings (SSSR count). The molecule has 0 radical (unpaired) electrons. The quantitative estimate of drug-likeness (QED) is 0.201. The first-order chi connectivity index (χ1) is 22.2. The fourth-order valence-corrected chi connectivity index (χ4v) is 7.74. The lowest BCUT2D eigenvalue weighted by atomic mass is 9.84. The fraction of sp³-hybridized carbons (Fsp3) is 0.189. The third-order valence-electron chi connectivity index (χ3n) is 9.05. The van der Waals surface area contributed by atoms with Gasteiger partial charge in [0.2, 0.25) is 5.76 Å². The molecule has 2 aliphatic heterocycles. The van der Waals surface area contributed by atoms with Gasteiger partial charge in [0.1, 0.15) is 11.3 Å². The Hall–Kier alpha value is -5.28. The maximum Gasteiger partial charge on any atom is 0.297 e. The molecule has 1 spiro atoms. The number of nitrogens with zero attached hydrogens (tertiary/aromatic N) is 3. The van der Waals surface area contributed by atoms with Gasteiger partial charge in [-0.3, -0.25) is 19.3 Å². The van der Waals surface area contributed by atoms with Gasteiger partial charge in [0.05, 0.1) is 40.0 Å². The Kier molecular flexibility index (Phi) is 6.20. The number of amides is 2. The normalized spacial score (nSPS) is 17.0. The summed E-state index contributed by atoms with van der Waals surface area (Å²) in [5.74, 6) is -0.463. The van der Waals surface area contributed by atoms with Crippen molar-refractivity contribution in [3.8, 4) is 5.75 Å². The fourth-order valence-electron chi connectivity index (χ4n) is 6.70. The summed E-state index contributed by atoms with van der Waals surface area (Å²) in [6, 6.07) is 24.4. The molecule has 0 bridgehead atoms. The lowest BCUT2D eigenvalue weighted by molar-refractivity contribution is -0.121. The Morgan fingerprint density at radius 2 is 1.67 bits per heavy atom. The third kappa shape index (κ3) is 3.84. The first-order valence-electron chi connectivity index (χ1n) is 15.2. The van der Waals surface area contributed by atoms with Gasteiger partial charge >= 0.3 is 0 Å². The topological polar surface area (TPSA) is 93.0 Å². The molecule has 1 atom stereocenters. The second-order valence-electron chi connectivity index (χ2n) is 11.9. The van der Waals surface area contributed by atoms with Gasteiger partial charge in [0, 0.05) is 5.56 Å². The Morgan fingerprint density at radius 1 is 0.913 bits per heavy atom. The number of thiazole rings is 1. The number of para-hydroxylation sites is 1. The van der Waals surface area contributed by atoms with Crippen LogP contribution < -0.4 is 20.0 Å². The standard InChI is InChI=1S/C37H29N3O5S/c1-5-44-24-14-15-27-30(18-24)46-36(38-27)40-34(42)33-31(32(41)25-16-21(3)22(4)17-29(25)45-33)37(40)26-8-6-7-9-28(26)39(35(37)43)19-23-12-10-20(2)11-13-23/h6-18H,5,19H2,1-4H3. The zero-order valence-corrected chi connectivity index (χ0v) is 26.5. The van der Waals surface area contributed by atoms with E-state index in [1.165, 1.54) is 16.2 Å². The highest BCUT2D eigenvalue weighted by Crippen LogP contribution is 2.55. The summed E-state index contributed by atoms with van der Waals surface area (Å²) >= 11 is 1.27. The summed E-state index contributed by atoms with van der Waals surface area (Å²) in [4.78, 5) is 52.5. The van der Waals surface area contributed by atoms with Crippen molar-refractivity contribution < 1.29 is 18.7 Å². The maximum atomic E-state index is 15.2. The highest BCUT2D eigenvalue weighted by molar-refractivity contribution is 7.22. The third-order valence-corrected chi connectivity index (χ3v) is 10.1. The SMILES string of the molecule is CCOc1ccc2nc(N3C(=O)c4oc5cc(C)c(C)cc5c(=O)c4C34C(=O)N(Cc3ccc(C)cc3)c3ccccc34)sc2c1. The van der Waals surface area contributed by atoms with Crippen LogP contribution in [0.4, 0.5) is 10.8 Å². The van der Waals surface area contributed by atoms with Gasteiger partial charge in [0.15, 0.2) is 16.1 Å². The molecule has 8 nitrogen and oxygen atoms in total. The summed E-state index contributed by atoms with van der Waals surface area (Å²) in [6.07, 6.45) is 0. The lowest BCUT2D eigenvalue weighted by Gasteiger charge is -2.32. The number of hydrogen-bond acceptors (Lipinski definition) is 7. The van der Waals surface area contributed by atoms with Crippen molar-refractivity contribution in [2.24, 2.45) is 0 Å². The molecule has 6 aromatic rings. The molecule has 2 amide bonds. The highest BCUT2D eigenvalue weighted by atomic mass is 32.1. The molecular formula is C37H29N3O5S. The van der Waals surface area contributed by atoms with Crippen molar-refractivity contribution >= 4 is 55.2 Å². The number of rotatable bonds is 5. The zero-order chi connectivity index (χ0) is 31.9. The van der Waals surface area contributed by atoms with Crippen LogP contribution >= 0.6 is 11.3 Å². The van der Waals surface area contributed by atoms with Crippen LogP contribution in [0.15, 0.2) is 88.1 Å². The van der Waals surface area contributed by atoms with Crippen molar-refractivity contribution in [3.63, 3.8) is 0 Å². The summed E-state index contributed by atoms with van der Waals surface area (Å²) in [5, 5.41) is 0.611. The summed E-state index contributed by atoms with van der Waals surface area (Å²) in [6.45, 7) is 8.53. The van der Waals surface area contributed by atoms with Crippen molar-refractivity contribution in [2.75, 3.05) is 16.4 Å². The number of aromatic nitrogens is 1. The van der Waals surface area contributed by atoms with Crippen LogP contribution in [0, 0.1) is 20.8 Å². The minimum absolute atomic E-state index is 0.0198. The molecule has 0 N–H and O–H groups in total. The van der Waals surface area contributed by atoms with E-state index in [1.54, 1.807) is 17.0 Å². The molecule has 46 heavy (non-hydrogen) atoms. The second kappa shape index (κ2) is 10.1. The number of fused-ring (bicyclic) bond motifs is 6. The van der Waals surface area contributed by atoms with E-state index in [0.717, 1.165) is 27.0 Å². The first-order valence-corrected chi connectivity index (χ1v) is 16.0. The van der Waals surface area contributed by atoms with Crippen molar-refractivity contribution in [2.45, 2.75) is 39.8 Å². The number of ether oxygens (including phenoxy) is 1. The smallest absolute Gasteiger partial charge is 0.297 e. The van der Waals surface area contributed by atoms with Gasteiger partial charge in [-0.2, -0.15) is 0 Å². The molecule has 4 heterocycles.